The van der Waals surface area contributed by atoms with Gasteiger partial charge in [-0.1, -0.05) is 41.7 Å². The number of rotatable bonds is 5. The van der Waals surface area contributed by atoms with Crippen LogP contribution in [-0.4, -0.2) is 40.2 Å². The highest BCUT2D eigenvalue weighted by atomic mass is 32.1. The van der Waals surface area contributed by atoms with Gasteiger partial charge in [-0.05, 0) is 55.0 Å². The third-order valence-electron chi connectivity index (χ3n) is 6.13. The molecular weight excluding hydrogens is 506 g/mol. The third kappa shape index (κ3) is 4.24. The largest absolute Gasteiger partial charge is 0.507 e. The summed E-state index contributed by atoms with van der Waals surface area (Å²) in [5.41, 5.74) is 0.809. The molecule has 4 aromatic rings. The van der Waals surface area contributed by atoms with Crippen molar-refractivity contribution in [3.63, 3.8) is 0 Å². The fourth-order valence-electron chi connectivity index (χ4n) is 4.45. The summed E-state index contributed by atoms with van der Waals surface area (Å²) in [6.07, 6.45) is 0. The van der Waals surface area contributed by atoms with Crippen LogP contribution in [-0.2, 0) is 9.59 Å². The molecule has 10 heteroatoms. The van der Waals surface area contributed by atoms with Gasteiger partial charge in [0.25, 0.3) is 5.78 Å². The fourth-order valence-corrected chi connectivity index (χ4v) is 5.16. The van der Waals surface area contributed by atoms with Crippen LogP contribution in [0.1, 0.15) is 22.2 Å². The highest BCUT2D eigenvalue weighted by molar-refractivity contribution is 7.15. The molecule has 9 nitrogen and oxygen atoms in total. The van der Waals surface area contributed by atoms with Gasteiger partial charge in [-0.2, -0.15) is 0 Å². The topological polar surface area (TPSA) is 111 Å². The van der Waals surface area contributed by atoms with E-state index in [0.717, 1.165) is 0 Å². The molecule has 1 atom stereocenters. The van der Waals surface area contributed by atoms with Gasteiger partial charge in [-0.25, -0.2) is 0 Å². The lowest BCUT2D eigenvalue weighted by Crippen LogP contribution is -2.29. The van der Waals surface area contributed by atoms with E-state index in [1.807, 2.05) is 30.3 Å². The Labute approximate surface area is 221 Å². The number of ether oxygens (including phenoxy) is 3. The summed E-state index contributed by atoms with van der Waals surface area (Å²) in [7, 11) is 0. The minimum Gasteiger partial charge on any atom is -0.507 e. The van der Waals surface area contributed by atoms with E-state index >= 15 is 0 Å². The summed E-state index contributed by atoms with van der Waals surface area (Å²) >= 11 is 1.18. The Hall–Kier alpha value is -4.70. The molecule has 1 unspecified atom stereocenters. The van der Waals surface area contributed by atoms with Crippen LogP contribution >= 0.6 is 11.3 Å². The lowest BCUT2D eigenvalue weighted by atomic mass is 9.95. The van der Waals surface area contributed by atoms with E-state index in [0.29, 0.717) is 52.3 Å². The molecule has 0 aliphatic carbocycles. The normalized spacial score (nSPS) is 18.0. The van der Waals surface area contributed by atoms with Gasteiger partial charge in [-0.15, -0.1) is 10.2 Å². The number of nitrogens with zero attached hydrogens (tertiary/aromatic N) is 3. The number of aliphatic hydroxyl groups excluding tert-OH is 1. The third-order valence-corrected chi connectivity index (χ3v) is 6.97. The Bertz CT molecular complexity index is 1580. The number of ketones is 1. The van der Waals surface area contributed by atoms with Crippen molar-refractivity contribution in [2.75, 3.05) is 18.1 Å². The van der Waals surface area contributed by atoms with Gasteiger partial charge in [0.15, 0.2) is 11.5 Å². The van der Waals surface area contributed by atoms with Crippen LogP contribution < -0.4 is 19.1 Å². The monoisotopic (exact) mass is 527 g/mol. The van der Waals surface area contributed by atoms with Crippen LogP contribution in [0.15, 0.2) is 78.4 Å². The highest BCUT2D eigenvalue weighted by Gasteiger charge is 2.48. The molecule has 2 aliphatic heterocycles. The molecule has 0 bridgehead atoms. The predicted octanol–water partition coefficient (Wildman–Crippen LogP) is 5.04. The van der Waals surface area contributed by atoms with Gasteiger partial charge in [0.05, 0.1) is 11.6 Å². The van der Waals surface area contributed by atoms with E-state index in [1.165, 1.54) is 16.2 Å². The molecule has 2 aliphatic rings. The van der Waals surface area contributed by atoms with E-state index < -0.39 is 17.7 Å². The van der Waals surface area contributed by atoms with Gasteiger partial charge in [0.1, 0.15) is 35.5 Å². The smallest absolute Gasteiger partial charge is 0.301 e. The minimum atomic E-state index is -0.963. The zero-order valence-electron chi connectivity index (χ0n) is 20.2. The number of aromatic nitrogens is 2. The molecule has 1 fully saturated rings. The summed E-state index contributed by atoms with van der Waals surface area (Å²) in [6.45, 7) is 2.55. The van der Waals surface area contributed by atoms with Crippen molar-refractivity contribution < 1.29 is 28.9 Å². The van der Waals surface area contributed by atoms with E-state index in [4.69, 9.17) is 14.2 Å². The van der Waals surface area contributed by atoms with Crippen molar-refractivity contribution >= 4 is 33.9 Å². The molecule has 0 spiro atoms. The predicted molar refractivity (Wildman–Crippen MR) is 140 cm³/mol. The number of carbonyl (C=O) groups excluding carboxylic acids is 2. The van der Waals surface area contributed by atoms with Crippen LogP contribution in [0.3, 0.4) is 0 Å². The Kier molecular flexibility index (Phi) is 6.01. The first-order valence-corrected chi connectivity index (χ1v) is 12.7. The summed E-state index contributed by atoms with van der Waals surface area (Å²) in [5.74, 6) is 0.165. The molecule has 1 aromatic heterocycles. The summed E-state index contributed by atoms with van der Waals surface area (Å²) in [4.78, 5) is 28.0. The average molecular weight is 528 g/mol. The number of anilines is 1. The SMILES string of the molecule is Cc1nnc(N2C(=O)C(=O)C(=C(O)c3ccc4c(c3)OCCO4)C2c2cccc(Oc3ccccc3)c2)s1. The minimum absolute atomic E-state index is 0.0728. The van der Waals surface area contributed by atoms with E-state index in [9.17, 15) is 14.7 Å². The molecule has 190 valence electrons. The second kappa shape index (κ2) is 9.64. The second-order valence-electron chi connectivity index (χ2n) is 8.62. The van der Waals surface area contributed by atoms with Crippen LogP contribution in [0, 0.1) is 6.92 Å². The lowest BCUT2D eigenvalue weighted by Gasteiger charge is -2.23. The van der Waals surface area contributed by atoms with E-state index in [2.05, 4.69) is 10.2 Å². The Morgan fingerprint density at radius 1 is 0.947 bits per heavy atom. The Balaban J connectivity index is 1.48. The maximum absolute atomic E-state index is 13.4. The van der Waals surface area contributed by atoms with Crippen LogP contribution in [0.25, 0.3) is 5.76 Å². The van der Waals surface area contributed by atoms with Gasteiger partial charge >= 0.3 is 5.91 Å². The quantitative estimate of drug-likeness (QED) is 0.218. The number of aliphatic hydroxyl groups is 1. The lowest BCUT2D eigenvalue weighted by molar-refractivity contribution is -0.132. The first kappa shape index (κ1) is 23.7. The van der Waals surface area contributed by atoms with Crippen LogP contribution in [0.5, 0.6) is 23.0 Å². The van der Waals surface area contributed by atoms with Crippen molar-refractivity contribution in [3.8, 4) is 23.0 Å². The average Bonchev–Trinajstić information content (AvgIpc) is 3.48. The number of carbonyl (C=O) groups is 2. The zero-order valence-corrected chi connectivity index (χ0v) is 21.0. The number of Topliss-reactive ketones (excluding diaryl/α,β-unsaturated/α-hetero) is 1. The van der Waals surface area contributed by atoms with Gasteiger partial charge in [-0.3, -0.25) is 14.5 Å². The van der Waals surface area contributed by atoms with E-state index in [-0.39, 0.29) is 16.5 Å². The van der Waals surface area contributed by atoms with Crippen molar-refractivity contribution in [2.24, 2.45) is 0 Å². The molecule has 3 heterocycles. The Morgan fingerprint density at radius 3 is 2.47 bits per heavy atom. The summed E-state index contributed by atoms with van der Waals surface area (Å²) in [5, 5.41) is 20.5. The number of aryl methyl sites for hydroxylation is 1. The number of hydrogen-bond donors (Lipinski definition) is 1. The molecule has 6 rings (SSSR count). The second-order valence-corrected chi connectivity index (χ2v) is 9.78. The van der Waals surface area contributed by atoms with E-state index in [1.54, 1.807) is 49.4 Å². The molecule has 38 heavy (non-hydrogen) atoms. The number of hydrogen-bond acceptors (Lipinski definition) is 9. The number of amides is 1. The molecule has 1 amide bonds. The molecule has 1 saturated heterocycles. The summed E-state index contributed by atoms with van der Waals surface area (Å²) in [6, 6.07) is 20.2. The first-order chi connectivity index (χ1) is 18.5. The Morgan fingerprint density at radius 2 is 1.71 bits per heavy atom. The van der Waals surface area contributed by atoms with Crippen molar-refractivity contribution in [3.05, 3.63) is 94.5 Å². The molecule has 0 radical (unpaired) electrons. The van der Waals surface area contributed by atoms with Crippen molar-refractivity contribution in [1.29, 1.82) is 0 Å². The fraction of sp³-hybridized carbons (Fsp3) is 0.143. The molecular formula is C28H21N3O6S. The zero-order chi connectivity index (χ0) is 26.2. The van der Waals surface area contributed by atoms with Gasteiger partial charge in [0, 0.05) is 5.56 Å². The van der Waals surface area contributed by atoms with Crippen molar-refractivity contribution in [2.45, 2.75) is 13.0 Å². The molecule has 0 saturated carbocycles. The highest BCUT2D eigenvalue weighted by Crippen LogP contribution is 2.44. The standard InChI is InChI=1S/C28H21N3O6S/c1-16-29-30-28(38-16)31-24(17-6-5-9-20(14-17)37-19-7-3-2-4-8-19)23(26(33)27(31)34)25(32)18-10-11-21-22(15-18)36-13-12-35-21/h2-11,14-15,24,32H,12-13H2,1H3. The van der Waals surface area contributed by atoms with Crippen LogP contribution in [0.4, 0.5) is 5.13 Å². The van der Waals surface area contributed by atoms with Crippen LogP contribution in [0.2, 0.25) is 0 Å². The van der Waals surface area contributed by atoms with Crippen molar-refractivity contribution in [1.82, 2.24) is 10.2 Å². The number of fused-ring (bicyclic) bond motifs is 1. The first-order valence-electron chi connectivity index (χ1n) is 11.8. The maximum Gasteiger partial charge on any atom is 0.301 e. The van der Waals surface area contributed by atoms with Gasteiger partial charge < -0.3 is 19.3 Å². The van der Waals surface area contributed by atoms with Gasteiger partial charge in [0.2, 0.25) is 5.13 Å². The number of para-hydroxylation sites is 1. The molecule has 3 aromatic carbocycles. The molecule has 1 N–H and O–H groups in total. The summed E-state index contributed by atoms with van der Waals surface area (Å²) < 4.78 is 17.2. The number of benzene rings is 3. The maximum atomic E-state index is 13.4.